The molecule has 1 N–H and O–H groups in total. The van der Waals surface area contributed by atoms with Gasteiger partial charge in [0.2, 0.25) is 0 Å². The second-order valence-electron chi connectivity index (χ2n) is 4.66. The first-order valence-corrected chi connectivity index (χ1v) is 7.48. The molecule has 2 aromatic rings. The third kappa shape index (κ3) is 3.95. The molecule has 1 unspecified atom stereocenters. The van der Waals surface area contributed by atoms with Crippen molar-refractivity contribution in [2.24, 2.45) is 0 Å². The zero-order chi connectivity index (χ0) is 14.4. The van der Waals surface area contributed by atoms with Crippen molar-refractivity contribution < 1.29 is 9.47 Å². The number of thiazole rings is 1. The summed E-state index contributed by atoms with van der Waals surface area (Å²) in [5.41, 5.74) is 4.17. The molecule has 0 radical (unpaired) electrons. The van der Waals surface area contributed by atoms with E-state index in [1.165, 1.54) is 5.56 Å². The molecule has 20 heavy (non-hydrogen) atoms. The molecule has 0 aliphatic carbocycles. The third-order valence-corrected chi connectivity index (χ3v) is 3.74. The maximum absolute atomic E-state index is 5.32. The minimum absolute atomic E-state index is 0.370. The van der Waals surface area contributed by atoms with Gasteiger partial charge in [-0.2, -0.15) is 0 Å². The highest BCUT2D eigenvalue weighted by atomic mass is 32.1. The molecule has 1 aromatic heterocycles. The molecular weight excluding hydrogens is 272 g/mol. The minimum atomic E-state index is 0.370. The van der Waals surface area contributed by atoms with E-state index in [0.717, 1.165) is 30.2 Å². The van der Waals surface area contributed by atoms with Crippen molar-refractivity contribution in [3.8, 4) is 11.5 Å². The largest absolute Gasteiger partial charge is 0.493 e. The molecule has 1 heterocycles. The van der Waals surface area contributed by atoms with Crippen molar-refractivity contribution in [2.45, 2.75) is 25.9 Å². The topological polar surface area (TPSA) is 43.4 Å². The number of benzene rings is 1. The molecule has 0 saturated heterocycles. The van der Waals surface area contributed by atoms with Crippen LogP contribution in [0, 0.1) is 0 Å². The Morgan fingerprint density at radius 1 is 1.25 bits per heavy atom. The fraction of sp³-hybridized carbons (Fsp3) is 0.400. The Bertz CT molecular complexity index is 529. The van der Waals surface area contributed by atoms with Gasteiger partial charge in [-0.05, 0) is 31.0 Å². The lowest BCUT2D eigenvalue weighted by molar-refractivity contribution is 0.354. The first-order chi connectivity index (χ1) is 9.72. The highest BCUT2D eigenvalue weighted by Gasteiger charge is 2.08. The summed E-state index contributed by atoms with van der Waals surface area (Å²) in [4.78, 5) is 4.26. The second kappa shape index (κ2) is 7.26. The Labute approximate surface area is 123 Å². The maximum atomic E-state index is 5.32. The molecule has 108 valence electrons. The molecule has 1 aromatic carbocycles. The van der Waals surface area contributed by atoms with Gasteiger partial charge in [-0.15, -0.1) is 11.3 Å². The van der Waals surface area contributed by atoms with E-state index in [0.29, 0.717) is 6.04 Å². The Hall–Kier alpha value is -1.59. The first kappa shape index (κ1) is 14.8. The van der Waals surface area contributed by atoms with Crippen LogP contribution in [0.4, 0.5) is 0 Å². The van der Waals surface area contributed by atoms with Crippen molar-refractivity contribution >= 4 is 11.3 Å². The summed E-state index contributed by atoms with van der Waals surface area (Å²) < 4.78 is 10.6. The van der Waals surface area contributed by atoms with Crippen molar-refractivity contribution in [2.75, 3.05) is 14.2 Å². The molecule has 1 atom stereocenters. The van der Waals surface area contributed by atoms with E-state index in [9.17, 15) is 0 Å². The Morgan fingerprint density at radius 2 is 2.05 bits per heavy atom. The molecule has 0 aliphatic rings. The Balaban J connectivity index is 1.91. The summed E-state index contributed by atoms with van der Waals surface area (Å²) in [7, 11) is 3.31. The van der Waals surface area contributed by atoms with Crippen LogP contribution in [0.5, 0.6) is 11.5 Å². The van der Waals surface area contributed by atoms with Crippen molar-refractivity contribution in [3.63, 3.8) is 0 Å². The molecule has 0 fully saturated rings. The standard InChI is InChI=1S/C15H20N2O2S/c1-11(16-8-13-9-20-10-17-13)6-12-4-5-14(18-2)15(7-12)19-3/h4-5,7,9-11,16H,6,8H2,1-3H3. The van der Waals surface area contributed by atoms with Crippen LogP contribution in [-0.4, -0.2) is 25.2 Å². The van der Waals surface area contributed by atoms with E-state index in [1.807, 2.05) is 17.6 Å². The van der Waals surface area contributed by atoms with Gasteiger partial charge < -0.3 is 14.8 Å². The van der Waals surface area contributed by atoms with Gasteiger partial charge in [-0.1, -0.05) is 6.07 Å². The molecule has 0 amide bonds. The molecule has 0 aliphatic heterocycles. The van der Waals surface area contributed by atoms with Crippen molar-refractivity contribution in [1.82, 2.24) is 10.3 Å². The number of nitrogens with zero attached hydrogens (tertiary/aromatic N) is 1. The smallest absolute Gasteiger partial charge is 0.160 e. The van der Waals surface area contributed by atoms with Gasteiger partial charge >= 0.3 is 0 Å². The Morgan fingerprint density at radius 3 is 2.70 bits per heavy atom. The van der Waals surface area contributed by atoms with Gasteiger partial charge in [0.1, 0.15) is 0 Å². The normalized spacial score (nSPS) is 12.2. The molecular formula is C15H20N2O2S. The van der Waals surface area contributed by atoms with E-state index in [1.54, 1.807) is 25.6 Å². The summed E-state index contributed by atoms with van der Waals surface area (Å²) in [6.07, 6.45) is 0.935. The van der Waals surface area contributed by atoms with Crippen LogP contribution in [0.1, 0.15) is 18.2 Å². The van der Waals surface area contributed by atoms with Gasteiger partial charge in [0.15, 0.2) is 11.5 Å². The zero-order valence-corrected chi connectivity index (χ0v) is 12.9. The second-order valence-corrected chi connectivity index (χ2v) is 5.37. The molecule has 5 heteroatoms. The number of rotatable bonds is 7. The molecule has 4 nitrogen and oxygen atoms in total. The monoisotopic (exact) mass is 292 g/mol. The molecule has 0 spiro atoms. The lowest BCUT2D eigenvalue weighted by atomic mass is 10.1. The lowest BCUT2D eigenvalue weighted by Gasteiger charge is -2.14. The fourth-order valence-electron chi connectivity index (χ4n) is 2.04. The van der Waals surface area contributed by atoms with Crippen LogP contribution in [0.2, 0.25) is 0 Å². The summed E-state index contributed by atoms with van der Waals surface area (Å²) in [5, 5.41) is 5.54. The van der Waals surface area contributed by atoms with Crippen LogP contribution in [0.15, 0.2) is 29.1 Å². The van der Waals surface area contributed by atoms with E-state index in [-0.39, 0.29) is 0 Å². The molecule has 0 saturated carbocycles. The van der Waals surface area contributed by atoms with Crippen molar-refractivity contribution in [3.05, 3.63) is 40.3 Å². The summed E-state index contributed by atoms with van der Waals surface area (Å²) in [5.74, 6) is 1.54. The number of ether oxygens (including phenoxy) is 2. The first-order valence-electron chi connectivity index (χ1n) is 6.54. The van der Waals surface area contributed by atoms with Crippen molar-refractivity contribution in [1.29, 1.82) is 0 Å². The van der Waals surface area contributed by atoms with Gasteiger partial charge in [0.25, 0.3) is 0 Å². The predicted molar refractivity (Wildman–Crippen MR) is 81.7 cm³/mol. The number of hydrogen-bond acceptors (Lipinski definition) is 5. The van der Waals surface area contributed by atoms with E-state index < -0.39 is 0 Å². The maximum Gasteiger partial charge on any atom is 0.160 e. The summed E-state index contributed by atoms with van der Waals surface area (Å²) in [6, 6.07) is 6.42. The lowest BCUT2D eigenvalue weighted by Crippen LogP contribution is -2.27. The SMILES string of the molecule is COc1ccc(CC(C)NCc2cscn2)cc1OC. The molecule has 2 rings (SSSR count). The number of nitrogens with one attached hydrogen (secondary N) is 1. The predicted octanol–water partition coefficient (Wildman–Crippen LogP) is 2.88. The fourth-order valence-corrected chi connectivity index (χ4v) is 2.60. The average Bonchev–Trinajstić information content (AvgIpc) is 2.98. The Kier molecular flexibility index (Phi) is 5.38. The van der Waals surface area contributed by atoms with Crippen LogP contribution in [-0.2, 0) is 13.0 Å². The number of aromatic nitrogens is 1. The number of hydrogen-bond donors (Lipinski definition) is 1. The van der Waals surface area contributed by atoms with Crippen LogP contribution >= 0.6 is 11.3 Å². The van der Waals surface area contributed by atoms with E-state index in [2.05, 4.69) is 28.7 Å². The third-order valence-electron chi connectivity index (χ3n) is 3.10. The minimum Gasteiger partial charge on any atom is -0.493 e. The van der Waals surface area contributed by atoms with Gasteiger partial charge in [-0.3, -0.25) is 0 Å². The van der Waals surface area contributed by atoms with Gasteiger partial charge in [0.05, 0.1) is 25.4 Å². The highest BCUT2D eigenvalue weighted by molar-refractivity contribution is 7.07. The van der Waals surface area contributed by atoms with E-state index in [4.69, 9.17) is 9.47 Å². The average molecular weight is 292 g/mol. The van der Waals surface area contributed by atoms with Crippen LogP contribution in [0.25, 0.3) is 0 Å². The molecule has 0 bridgehead atoms. The van der Waals surface area contributed by atoms with Crippen LogP contribution < -0.4 is 14.8 Å². The number of methoxy groups -OCH3 is 2. The van der Waals surface area contributed by atoms with Gasteiger partial charge in [-0.25, -0.2) is 4.98 Å². The summed E-state index contributed by atoms with van der Waals surface area (Å²) in [6.45, 7) is 2.97. The summed E-state index contributed by atoms with van der Waals surface area (Å²) >= 11 is 1.62. The van der Waals surface area contributed by atoms with Gasteiger partial charge in [0, 0.05) is 18.0 Å². The van der Waals surface area contributed by atoms with E-state index >= 15 is 0 Å². The van der Waals surface area contributed by atoms with Crippen LogP contribution in [0.3, 0.4) is 0 Å². The quantitative estimate of drug-likeness (QED) is 0.852. The highest BCUT2D eigenvalue weighted by Crippen LogP contribution is 2.27. The zero-order valence-electron chi connectivity index (χ0n) is 12.1.